The molecule has 1 atom stereocenters. The molecule has 6 heteroatoms. The fraction of sp³-hybridized carbons (Fsp3) is 0.476. The van der Waals surface area contributed by atoms with E-state index in [9.17, 15) is 4.79 Å². The van der Waals surface area contributed by atoms with Gasteiger partial charge in [0.1, 0.15) is 11.5 Å². The summed E-state index contributed by atoms with van der Waals surface area (Å²) in [5.74, 6) is 1.55. The molecule has 27 heavy (non-hydrogen) atoms. The number of thiophene rings is 1. The number of amides is 1. The summed E-state index contributed by atoms with van der Waals surface area (Å²) < 4.78 is 10.6. The predicted octanol–water partition coefficient (Wildman–Crippen LogP) is 5.82. The van der Waals surface area contributed by atoms with Crippen LogP contribution in [0.3, 0.4) is 0 Å². The summed E-state index contributed by atoms with van der Waals surface area (Å²) in [7, 11) is 3.10. The van der Waals surface area contributed by atoms with Crippen LogP contribution in [0.5, 0.6) is 11.5 Å². The summed E-state index contributed by atoms with van der Waals surface area (Å²) in [5.41, 5.74) is 2.78. The molecule has 1 aliphatic carbocycles. The van der Waals surface area contributed by atoms with Gasteiger partial charge in [0.2, 0.25) is 0 Å². The molecule has 0 spiro atoms. The third-order valence-electron chi connectivity index (χ3n) is 5.35. The largest absolute Gasteiger partial charge is 0.495 e. The summed E-state index contributed by atoms with van der Waals surface area (Å²) in [5, 5.41) is 5.35. The number of rotatable bonds is 4. The predicted molar refractivity (Wildman–Crippen MR) is 112 cm³/mol. The van der Waals surface area contributed by atoms with Crippen LogP contribution in [0, 0.1) is 11.3 Å². The average Bonchev–Trinajstić information content (AvgIpc) is 3.04. The normalized spacial score (nSPS) is 16.6. The Morgan fingerprint density at radius 3 is 2.56 bits per heavy atom. The number of methoxy groups -OCH3 is 2. The molecular weight excluding hydrogens is 382 g/mol. The van der Waals surface area contributed by atoms with Crippen molar-refractivity contribution in [3.8, 4) is 11.5 Å². The van der Waals surface area contributed by atoms with Crippen molar-refractivity contribution in [1.82, 2.24) is 0 Å². The van der Waals surface area contributed by atoms with Crippen molar-refractivity contribution in [3.05, 3.63) is 38.5 Å². The number of ether oxygens (including phenoxy) is 2. The van der Waals surface area contributed by atoms with Crippen molar-refractivity contribution < 1.29 is 14.3 Å². The zero-order valence-corrected chi connectivity index (χ0v) is 18.0. The molecule has 1 heterocycles. The maximum absolute atomic E-state index is 12.9. The maximum atomic E-state index is 12.9. The molecule has 0 fully saturated rings. The van der Waals surface area contributed by atoms with Crippen LogP contribution in [0.25, 0.3) is 0 Å². The highest BCUT2D eigenvalue weighted by Crippen LogP contribution is 2.41. The highest BCUT2D eigenvalue weighted by molar-refractivity contribution is 7.10. The number of carbonyl (C=O) groups is 1. The van der Waals surface area contributed by atoms with Crippen LogP contribution < -0.4 is 14.8 Å². The quantitative estimate of drug-likeness (QED) is 0.694. The minimum atomic E-state index is -0.124. The molecule has 1 aliphatic rings. The van der Waals surface area contributed by atoms with Gasteiger partial charge in [-0.2, -0.15) is 0 Å². The van der Waals surface area contributed by atoms with Crippen LogP contribution in [-0.2, 0) is 12.8 Å². The topological polar surface area (TPSA) is 47.6 Å². The van der Waals surface area contributed by atoms with Gasteiger partial charge in [-0.15, -0.1) is 11.3 Å². The van der Waals surface area contributed by atoms with E-state index >= 15 is 0 Å². The zero-order valence-electron chi connectivity index (χ0n) is 16.4. The van der Waals surface area contributed by atoms with E-state index in [0.29, 0.717) is 28.1 Å². The van der Waals surface area contributed by atoms with E-state index in [1.165, 1.54) is 10.4 Å². The molecule has 0 bridgehead atoms. The standard InChI is InChI=1S/C21H26ClNO3S/c1-21(2,3)12-6-7-13-14(11-27-19(13)8-12)20(24)23-16-9-15(22)17(25-4)10-18(16)26-5/h9-12H,6-8H2,1-5H3,(H,23,24). The third-order valence-corrected chi connectivity index (χ3v) is 6.69. The van der Waals surface area contributed by atoms with Crippen LogP contribution in [0.4, 0.5) is 5.69 Å². The average molecular weight is 408 g/mol. The summed E-state index contributed by atoms with van der Waals surface area (Å²) in [6.45, 7) is 6.89. The molecule has 0 radical (unpaired) electrons. The Morgan fingerprint density at radius 2 is 1.93 bits per heavy atom. The van der Waals surface area contributed by atoms with Gasteiger partial charge in [-0.05, 0) is 42.2 Å². The summed E-state index contributed by atoms with van der Waals surface area (Å²) in [4.78, 5) is 14.3. The highest BCUT2D eigenvalue weighted by Gasteiger charge is 2.31. The molecule has 1 amide bonds. The lowest BCUT2D eigenvalue weighted by Crippen LogP contribution is -2.27. The molecule has 1 aromatic heterocycles. The number of halogens is 1. The first-order chi connectivity index (χ1) is 12.7. The van der Waals surface area contributed by atoms with Crippen molar-refractivity contribution in [2.75, 3.05) is 19.5 Å². The van der Waals surface area contributed by atoms with Crippen LogP contribution in [0.15, 0.2) is 17.5 Å². The fourth-order valence-corrected chi connectivity index (χ4v) is 4.99. The van der Waals surface area contributed by atoms with Gasteiger partial charge in [0, 0.05) is 16.3 Å². The number of hydrogen-bond acceptors (Lipinski definition) is 4. The van der Waals surface area contributed by atoms with E-state index in [4.69, 9.17) is 21.1 Å². The van der Waals surface area contributed by atoms with Crippen molar-refractivity contribution in [2.45, 2.75) is 40.0 Å². The van der Waals surface area contributed by atoms with Gasteiger partial charge in [-0.25, -0.2) is 0 Å². The van der Waals surface area contributed by atoms with Gasteiger partial charge in [0.05, 0.1) is 30.5 Å². The molecule has 146 valence electrons. The second kappa shape index (κ2) is 7.72. The summed E-state index contributed by atoms with van der Waals surface area (Å²) >= 11 is 7.90. The lowest BCUT2D eigenvalue weighted by molar-refractivity contribution is 0.102. The third kappa shape index (κ3) is 4.09. The number of carbonyl (C=O) groups excluding carboxylic acids is 1. The molecule has 0 saturated heterocycles. The molecule has 4 nitrogen and oxygen atoms in total. The lowest BCUT2D eigenvalue weighted by Gasteiger charge is -2.34. The maximum Gasteiger partial charge on any atom is 0.256 e. The molecule has 0 aliphatic heterocycles. The van der Waals surface area contributed by atoms with Gasteiger partial charge in [0.15, 0.2) is 0 Å². The first-order valence-corrected chi connectivity index (χ1v) is 10.3. The zero-order chi connectivity index (χ0) is 19.8. The Labute approximate surface area is 169 Å². The van der Waals surface area contributed by atoms with Crippen LogP contribution in [-0.4, -0.2) is 20.1 Å². The van der Waals surface area contributed by atoms with E-state index < -0.39 is 0 Å². The Hall–Kier alpha value is -1.72. The van der Waals surface area contributed by atoms with E-state index in [0.717, 1.165) is 24.8 Å². The monoisotopic (exact) mass is 407 g/mol. The Morgan fingerprint density at radius 1 is 1.22 bits per heavy atom. The number of nitrogens with one attached hydrogen (secondary N) is 1. The minimum absolute atomic E-state index is 0.124. The molecular formula is C21H26ClNO3S. The molecule has 1 N–H and O–H groups in total. The molecule has 1 unspecified atom stereocenters. The van der Waals surface area contributed by atoms with E-state index in [-0.39, 0.29) is 11.3 Å². The van der Waals surface area contributed by atoms with Crippen molar-refractivity contribution in [3.63, 3.8) is 0 Å². The molecule has 1 aromatic carbocycles. The van der Waals surface area contributed by atoms with Gasteiger partial charge < -0.3 is 14.8 Å². The van der Waals surface area contributed by atoms with Crippen LogP contribution in [0.2, 0.25) is 5.02 Å². The Balaban J connectivity index is 1.83. The minimum Gasteiger partial charge on any atom is -0.495 e. The van der Waals surface area contributed by atoms with Crippen molar-refractivity contribution in [2.24, 2.45) is 11.3 Å². The highest BCUT2D eigenvalue weighted by atomic mass is 35.5. The lowest BCUT2D eigenvalue weighted by atomic mass is 9.72. The van der Waals surface area contributed by atoms with Crippen molar-refractivity contribution >= 4 is 34.5 Å². The van der Waals surface area contributed by atoms with E-state index in [2.05, 4.69) is 26.1 Å². The van der Waals surface area contributed by atoms with E-state index in [1.807, 2.05) is 5.38 Å². The fourth-order valence-electron chi connectivity index (χ4n) is 3.59. The molecule has 3 rings (SSSR count). The van der Waals surface area contributed by atoms with Crippen LogP contribution >= 0.6 is 22.9 Å². The van der Waals surface area contributed by atoms with Gasteiger partial charge in [-0.3, -0.25) is 4.79 Å². The number of fused-ring (bicyclic) bond motifs is 1. The second-order valence-corrected chi connectivity index (χ2v) is 9.37. The number of hydrogen-bond donors (Lipinski definition) is 1. The van der Waals surface area contributed by atoms with Gasteiger partial charge in [0.25, 0.3) is 5.91 Å². The number of benzene rings is 1. The van der Waals surface area contributed by atoms with Crippen molar-refractivity contribution in [1.29, 1.82) is 0 Å². The van der Waals surface area contributed by atoms with Gasteiger partial charge >= 0.3 is 0 Å². The SMILES string of the molecule is COc1cc(OC)c(NC(=O)c2csc3c2CCC(C(C)(C)C)C3)cc1Cl. The first kappa shape index (κ1) is 20.0. The molecule has 0 saturated carbocycles. The summed E-state index contributed by atoms with van der Waals surface area (Å²) in [6, 6.07) is 3.33. The Bertz CT molecular complexity index is 854. The smallest absolute Gasteiger partial charge is 0.256 e. The Kier molecular flexibility index (Phi) is 5.73. The van der Waals surface area contributed by atoms with E-state index in [1.54, 1.807) is 37.7 Å². The van der Waals surface area contributed by atoms with Crippen LogP contribution in [0.1, 0.15) is 48.0 Å². The first-order valence-electron chi connectivity index (χ1n) is 9.06. The molecule has 2 aromatic rings. The number of anilines is 1. The second-order valence-electron chi connectivity index (χ2n) is 8.00. The summed E-state index contributed by atoms with van der Waals surface area (Å²) in [6.07, 6.45) is 3.11. The van der Waals surface area contributed by atoms with Gasteiger partial charge in [-0.1, -0.05) is 32.4 Å².